The maximum Gasteiger partial charge on any atom is 0.191 e. The van der Waals surface area contributed by atoms with E-state index in [-0.39, 0.29) is 23.2 Å². The van der Waals surface area contributed by atoms with Crippen molar-refractivity contribution in [2.75, 3.05) is 11.5 Å². The second kappa shape index (κ2) is 7.01. The monoisotopic (exact) mass is 389 g/mol. The van der Waals surface area contributed by atoms with Crippen LogP contribution in [0.2, 0.25) is 5.02 Å². The Morgan fingerprint density at radius 2 is 2.21 bits per heavy atom. The van der Waals surface area contributed by atoms with Gasteiger partial charge in [0.2, 0.25) is 0 Å². The van der Waals surface area contributed by atoms with Crippen molar-refractivity contribution in [3.63, 3.8) is 0 Å². The Kier molecular flexibility index (Phi) is 5.17. The van der Waals surface area contributed by atoms with Crippen LogP contribution in [0.4, 0.5) is 4.39 Å². The highest BCUT2D eigenvalue weighted by atomic mass is 35.5. The molecule has 1 saturated heterocycles. The van der Waals surface area contributed by atoms with Gasteiger partial charge in [-0.15, -0.1) is 10.2 Å². The van der Waals surface area contributed by atoms with Crippen LogP contribution in [0.3, 0.4) is 0 Å². The van der Waals surface area contributed by atoms with Crippen molar-refractivity contribution in [1.29, 1.82) is 0 Å². The first-order valence-corrected chi connectivity index (χ1v) is 10.7. The van der Waals surface area contributed by atoms with Crippen LogP contribution in [0.5, 0.6) is 0 Å². The Balaban J connectivity index is 1.67. The van der Waals surface area contributed by atoms with E-state index in [0.717, 1.165) is 5.82 Å². The molecule has 0 saturated carbocycles. The molecule has 1 aliphatic heterocycles. The predicted octanol–water partition coefficient (Wildman–Crippen LogP) is 2.88. The fourth-order valence-corrected chi connectivity index (χ4v) is 5.88. The van der Waals surface area contributed by atoms with E-state index in [4.69, 9.17) is 11.6 Å². The Morgan fingerprint density at radius 1 is 1.42 bits per heavy atom. The van der Waals surface area contributed by atoms with Crippen molar-refractivity contribution in [3.05, 3.63) is 40.4 Å². The smallest absolute Gasteiger partial charge is 0.191 e. The fraction of sp³-hybridized carbons (Fsp3) is 0.467. The first kappa shape index (κ1) is 17.7. The van der Waals surface area contributed by atoms with Crippen LogP contribution in [0.25, 0.3) is 0 Å². The van der Waals surface area contributed by atoms with Gasteiger partial charge in [0.15, 0.2) is 15.0 Å². The molecule has 1 aromatic heterocycles. The second-order valence-electron chi connectivity index (χ2n) is 5.92. The summed E-state index contributed by atoms with van der Waals surface area (Å²) in [5.41, 5.74) is 0.440. The molecule has 1 atom stereocenters. The summed E-state index contributed by atoms with van der Waals surface area (Å²) in [6.07, 6.45) is 1.26. The van der Waals surface area contributed by atoms with Crippen LogP contribution < -0.4 is 0 Å². The number of nitrogens with zero attached hydrogens (tertiary/aromatic N) is 3. The van der Waals surface area contributed by atoms with Crippen LogP contribution in [0.15, 0.2) is 23.4 Å². The average Bonchev–Trinajstić information content (AvgIpc) is 3.03. The van der Waals surface area contributed by atoms with Crippen molar-refractivity contribution in [2.24, 2.45) is 13.0 Å². The number of benzene rings is 1. The predicted molar refractivity (Wildman–Crippen MR) is 92.4 cm³/mol. The summed E-state index contributed by atoms with van der Waals surface area (Å²) in [7, 11) is -1.06. The zero-order chi connectivity index (χ0) is 17.3. The number of sulfone groups is 1. The lowest BCUT2D eigenvalue weighted by molar-refractivity contribution is 0.552. The highest BCUT2D eigenvalue weighted by molar-refractivity contribution is 7.98. The number of hydrogen-bond acceptors (Lipinski definition) is 5. The summed E-state index contributed by atoms with van der Waals surface area (Å²) in [6.45, 7) is 0. The number of halogens is 2. The number of rotatable bonds is 5. The first-order valence-electron chi connectivity index (χ1n) is 7.50. The third kappa shape index (κ3) is 3.92. The standard InChI is InChI=1S/C15H17ClFN3O2S2/c1-20-14(7-10-5-6-24(21,22)9-10)18-19-15(20)23-8-11-12(16)3-2-4-13(11)17/h2-4,10H,5-9H2,1H3/t10-/m0/s1. The van der Waals surface area contributed by atoms with Crippen LogP contribution in [-0.4, -0.2) is 34.7 Å². The molecule has 24 heavy (non-hydrogen) atoms. The first-order chi connectivity index (χ1) is 11.4. The molecule has 0 spiro atoms. The van der Waals surface area contributed by atoms with Gasteiger partial charge in [0.1, 0.15) is 11.6 Å². The van der Waals surface area contributed by atoms with Crippen LogP contribution in [0, 0.1) is 11.7 Å². The molecule has 0 N–H and O–H groups in total. The molecular formula is C15H17ClFN3O2S2. The molecule has 1 fully saturated rings. The molecule has 1 aliphatic rings. The van der Waals surface area contributed by atoms with Gasteiger partial charge in [-0.3, -0.25) is 0 Å². The zero-order valence-electron chi connectivity index (χ0n) is 13.1. The van der Waals surface area contributed by atoms with E-state index in [0.29, 0.717) is 34.3 Å². The van der Waals surface area contributed by atoms with Crippen LogP contribution in [-0.2, 0) is 29.1 Å². The molecule has 0 aliphatic carbocycles. The van der Waals surface area contributed by atoms with E-state index in [1.165, 1.54) is 17.8 Å². The molecule has 0 amide bonds. The Morgan fingerprint density at radius 3 is 2.88 bits per heavy atom. The SMILES string of the molecule is Cn1c(C[C@@H]2CCS(=O)(=O)C2)nnc1SCc1c(F)cccc1Cl. The van der Waals surface area contributed by atoms with Gasteiger partial charge in [-0.2, -0.15) is 0 Å². The molecule has 5 nitrogen and oxygen atoms in total. The normalized spacial score (nSPS) is 19.7. The summed E-state index contributed by atoms with van der Waals surface area (Å²) in [5.74, 6) is 1.33. The minimum atomic E-state index is -2.90. The number of thioether (sulfide) groups is 1. The molecule has 0 radical (unpaired) electrons. The third-order valence-electron chi connectivity index (χ3n) is 4.13. The van der Waals surface area contributed by atoms with Gasteiger partial charge < -0.3 is 4.57 Å². The van der Waals surface area contributed by atoms with Crippen molar-refractivity contribution in [1.82, 2.24) is 14.8 Å². The van der Waals surface area contributed by atoms with Gasteiger partial charge >= 0.3 is 0 Å². The lowest BCUT2D eigenvalue weighted by Gasteiger charge is -2.08. The van der Waals surface area contributed by atoms with Crippen molar-refractivity contribution in [2.45, 2.75) is 23.8 Å². The minimum Gasteiger partial charge on any atom is -0.309 e. The van der Waals surface area contributed by atoms with Gasteiger partial charge in [0.05, 0.1) is 11.5 Å². The lowest BCUT2D eigenvalue weighted by atomic mass is 10.1. The molecule has 0 bridgehead atoms. The van der Waals surface area contributed by atoms with Crippen LogP contribution >= 0.6 is 23.4 Å². The summed E-state index contributed by atoms with van der Waals surface area (Å²) >= 11 is 7.38. The topological polar surface area (TPSA) is 64.8 Å². The van der Waals surface area contributed by atoms with Crippen LogP contribution in [0.1, 0.15) is 17.8 Å². The Bertz CT molecular complexity index is 834. The largest absolute Gasteiger partial charge is 0.309 e. The lowest BCUT2D eigenvalue weighted by Crippen LogP contribution is -2.11. The second-order valence-corrected chi connectivity index (χ2v) is 9.50. The van der Waals surface area contributed by atoms with E-state index in [1.54, 1.807) is 12.1 Å². The van der Waals surface area contributed by atoms with E-state index in [1.807, 2.05) is 11.6 Å². The molecular weight excluding hydrogens is 373 g/mol. The number of hydrogen-bond donors (Lipinski definition) is 0. The van der Waals surface area contributed by atoms with Gasteiger partial charge in [0, 0.05) is 29.8 Å². The summed E-state index contributed by atoms with van der Waals surface area (Å²) < 4.78 is 38.7. The van der Waals surface area contributed by atoms with Gasteiger partial charge in [-0.25, -0.2) is 12.8 Å². The summed E-state index contributed by atoms with van der Waals surface area (Å²) in [6, 6.07) is 4.61. The Hall–Kier alpha value is -1.12. The molecule has 3 rings (SSSR count). The van der Waals surface area contributed by atoms with Gasteiger partial charge in [-0.05, 0) is 24.5 Å². The van der Waals surface area contributed by atoms with E-state index >= 15 is 0 Å². The van der Waals surface area contributed by atoms with E-state index in [2.05, 4.69) is 10.2 Å². The van der Waals surface area contributed by atoms with Crippen molar-refractivity contribution in [3.8, 4) is 0 Å². The molecule has 130 valence electrons. The fourth-order valence-electron chi connectivity index (χ4n) is 2.75. The zero-order valence-corrected chi connectivity index (χ0v) is 15.5. The van der Waals surface area contributed by atoms with E-state index in [9.17, 15) is 12.8 Å². The average molecular weight is 390 g/mol. The maximum absolute atomic E-state index is 13.8. The summed E-state index contributed by atoms with van der Waals surface area (Å²) in [5, 5.41) is 9.33. The third-order valence-corrected chi connectivity index (χ3v) is 7.37. The Labute approximate surface area is 149 Å². The minimum absolute atomic E-state index is 0.0942. The highest BCUT2D eigenvalue weighted by Crippen LogP contribution is 2.28. The van der Waals surface area contributed by atoms with Gasteiger partial charge in [0.25, 0.3) is 0 Å². The van der Waals surface area contributed by atoms with E-state index < -0.39 is 9.84 Å². The molecule has 9 heteroatoms. The van der Waals surface area contributed by atoms with Crippen molar-refractivity contribution >= 4 is 33.2 Å². The van der Waals surface area contributed by atoms with Gasteiger partial charge in [-0.1, -0.05) is 29.4 Å². The quantitative estimate of drug-likeness (QED) is 0.735. The van der Waals surface area contributed by atoms with Crippen molar-refractivity contribution < 1.29 is 12.8 Å². The maximum atomic E-state index is 13.8. The molecule has 0 unspecified atom stereocenters. The number of aromatic nitrogens is 3. The molecule has 2 heterocycles. The molecule has 2 aromatic rings. The molecule has 1 aromatic carbocycles. The highest BCUT2D eigenvalue weighted by Gasteiger charge is 2.29. The summed E-state index contributed by atoms with van der Waals surface area (Å²) in [4.78, 5) is 0.